The van der Waals surface area contributed by atoms with Gasteiger partial charge in [-0.1, -0.05) is 12.1 Å². The number of rotatable bonds is 6. The van der Waals surface area contributed by atoms with E-state index in [0.717, 1.165) is 17.0 Å². The van der Waals surface area contributed by atoms with E-state index in [9.17, 15) is 8.42 Å². The van der Waals surface area contributed by atoms with Crippen LogP contribution in [0.1, 0.15) is 17.5 Å². The molecule has 0 aliphatic rings. The predicted molar refractivity (Wildman–Crippen MR) is 86.9 cm³/mol. The van der Waals surface area contributed by atoms with Crippen molar-refractivity contribution >= 4 is 21.4 Å². The second-order valence-corrected chi connectivity index (χ2v) is 7.92. The van der Waals surface area contributed by atoms with Crippen molar-refractivity contribution in [3.8, 4) is 5.69 Å². The van der Waals surface area contributed by atoms with Crippen LogP contribution >= 0.6 is 11.3 Å². The molecule has 3 heterocycles. The Labute approximate surface area is 138 Å². The van der Waals surface area contributed by atoms with Crippen LogP contribution in [0.5, 0.6) is 0 Å². The van der Waals surface area contributed by atoms with Gasteiger partial charge in [-0.3, -0.25) is 4.98 Å². The van der Waals surface area contributed by atoms with Crippen LogP contribution in [0.4, 0.5) is 0 Å². The van der Waals surface area contributed by atoms with Gasteiger partial charge in [0.05, 0.1) is 24.1 Å². The van der Waals surface area contributed by atoms with E-state index >= 15 is 0 Å². The molecular formula is C14H15N5O2S2. The van der Waals surface area contributed by atoms with Gasteiger partial charge in [0.1, 0.15) is 4.21 Å². The first-order valence-corrected chi connectivity index (χ1v) is 9.28. The summed E-state index contributed by atoms with van der Waals surface area (Å²) in [5.74, 6) is 0. The van der Waals surface area contributed by atoms with Crippen molar-refractivity contribution in [3.05, 3.63) is 53.4 Å². The van der Waals surface area contributed by atoms with Gasteiger partial charge in [0, 0.05) is 17.3 Å². The maximum absolute atomic E-state index is 12.2. The quantitative estimate of drug-likeness (QED) is 0.732. The summed E-state index contributed by atoms with van der Waals surface area (Å²) >= 11 is 1.28. The maximum Gasteiger partial charge on any atom is 0.250 e. The summed E-state index contributed by atoms with van der Waals surface area (Å²) in [7, 11) is -3.52. The standard InChI is InChI=1S/C14H15N5O2S2/c1-2-13-3-4-14(22-13)23(20,21)16-9-11-10-19(18-17-11)12-5-7-15-8-6-12/h3-8,10,16H,2,9H2,1H3. The van der Waals surface area contributed by atoms with E-state index in [1.165, 1.54) is 11.3 Å². The van der Waals surface area contributed by atoms with Crippen LogP contribution < -0.4 is 4.72 Å². The molecule has 3 aromatic rings. The highest BCUT2D eigenvalue weighted by atomic mass is 32.2. The molecule has 23 heavy (non-hydrogen) atoms. The van der Waals surface area contributed by atoms with Crippen LogP contribution in [0, 0.1) is 0 Å². The molecule has 120 valence electrons. The number of hydrogen-bond donors (Lipinski definition) is 1. The molecule has 0 radical (unpaired) electrons. The molecule has 1 N–H and O–H groups in total. The molecule has 0 atom stereocenters. The number of pyridine rings is 1. The molecule has 3 rings (SSSR count). The van der Waals surface area contributed by atoms with Gasteiger partial charge in [-0.15, -0.1) is 16.4 Å². The number of sulfonamides is 1. The van der Waals surface area contributed by atoms with Gasteiger partial charge >= 0.3 is 0 Å². The van der Waals surface area contributed by atoms with Crippen molar-refractivity contribution < 1.29 is 8.42 Å². The largest absolute Gasteiger partial charge is 0.265 e. The van der Waals surface area contributed by atoms with Crippen molar-refractivity contribution in [2.75, 3.05) is 0 Å². The van der Waals surface area contributed by atoms with Crippen LogP contribution in [0.2, 0.25) is 0 Å². The molecule has 0 saturated carbocycles. The molecule has 0 spiro atoms. The SMILES string of the molecule is CCc1ccc(S(=O)(=O)NCc2cn(-c3ccncc3)nn2)s1. The highest BCUT2D eigenvalue weighted by Gasteiger charge is 2.17. The van der Waals surface area contributed by atoms with Crippen LogP contribution in [0.25, 0.3) is 5.69 Å². The Morgan fingerprint density at radius 3 is 2.70 bits per heavy atom. The lowest BCUT2D eigenvalue weighted by molar-refractivity contribution is 0.582. The Bertz CT molecular complexity index is 887. The predicted octanol–water partition coefficient (Wildman–Crippen LogP) is 1.76. The van der Waals surface area contributed by atoms with Crippen LogP contribution in [0.15, 0.2) is 47.1 Å². The lowest BCUT2D eigenvalue weighted by atomic mass is 10.4. The summed E-state index contributed by atoms with van der Waals surface area (Å²) in [4.78, 5) is 4.97. The summed E-state index contributed by atoms with van der Waals surface area (Å²) in [6.07, 6.45) is 5.81. The molecule has 0 aliphatic carbocycles. The van der Waals surface area contributed by atoms with Crippen molar-refractivity contribution in [2.45, 2.75) is 24.1 Å². The summed E-state index contributed by atoms with van der Waals surface area (Å²) in [5, 5.41) is 7.96. The Hall–Kier alpha value is -2.10. The van der Waals surface area contributed by atoms with Gasteiger partial charge in [-0.2, -0.15) is 0 Å². The zero-order chi connectivity index (χ0) is 16.3. The Balaban J connectivity index is 1.70. The third-order valence-corrected chi connectivity index (χ3v) is 6.28. The van der Waals surface area contributed by atoms with E-state index in [4.69, 9.17) is 0 Å². The maximum atomic E-state index is 12.2. The molecule has 7 nitrogen and oxygen atoms in total. The molecule has 0 aromatic carbocycles. The van der Waals surface area contributed by atoms with E-state index < -0.39 is 10.0 Å². The molecule has 0 bridgehead atoms. The number of thiophene rings is 1. The number of aromatic nitrogens is 4. The highest BCUT2D eigenvalue weighted by molar-refractivity contribution is 7.91. The van der Waals surface area contributed by atoms with Gasteiger partial charge in [-0.25, -0.2) is 17.8 Å². The summed E-state index contributed by atoms with van der Waals surface area (Å²) in [6, 6.07) is 7.04. The van der Waals surface area contributed by atoms with Crippen molar-refractivity contribution in [1.29, 1.82) is 0 Å². The first-order chi connectivity index (χ1) is 11.1. The smallest absolute Gasteiger partial charge is 0.250 e. The molecule has 0 unspecified atom stereocenters. The number of aryl methyl sites for hydroxylation is 1. The zero-order valence-corrected chi connectivity index (χ0v) is 14.0. The fourth-order valence-electron chi connectivity index (χ4n) is 1.94. The molecule has 0 saturated heterocycles. The molecule has 0 amide bonds. The molecule has 0 aliphatic heterocycles. The average molecular weight is 349 g/mol. The van der Waals surface area contributed by atoms with E-state index in [2.05, 4.69) is 20.0 Å². The molecule has 0 fully saturated rings. The minimum absolute atomic E-state index is 0.0901. The fraction of sp³-hybridized carbons (Fsp3) is 0.214. The third-order valence-electron chi connectivity index (χ3n) is 3.16. The topological polar surface area (TPSA) is 89.8 Å². The molecular weight excluding hydrogens is 334 g/mol. The Morgan fingerprint density at radius 1 is 1.22 bits per heavy atom. The third kappa shape index (κ3) is 3.63. The Kier molecular flexibility index (Phi) is 4.51. The van der Waals surface area contributed by atoms with Crippen molar-refractivity contribution in [2.24, 2.45) is 0 Å². The Morgan fingerprint density at radius 2 is 2.00 bits per heavy atom. The van der Waals surface area contributed by atoms with E-state index in [-0.39, 0.29) is 6.54 Å². The van der Waals surface area contributed by atoms with Crippen LogP contribution in [-0.4, -0.2) is 28.4 Å². The zero-order valence-electron chi connectivity index (χ0n) is 12.4. The average Bonchev–Trinajstić information content (AvgIpc) is 3.23. The first kappa shape index (κ1) is 15.8. The summed E-state index contributed by atoms with van der Waals surface area (Å²) in [6.45, 7) is 2.08. The second-order valence-electron chi connectivity index (χ2n) is 4.76. The second kappa shape index (κ2) is 6.57. The molecule has 9 heteroatoms. The van der Waals surface area contributed by atoms with Crippen LogP contribution in [0.3, 0.4) is 0 Å². The van der Waals surface area contributed by atoms with Gasteiger partial charge < -0.3 is 0 Å². The fourth-order valence-corrected chi connectivity index (χ4v) is 4.27. The van der Waals surface area contributed by atoms with E-state index in [1.807, 2.05) is 13.0 Å². The number of hydrogen-bond acceptors (Lipinski definition) is 6. The number of nitrogens with zero attached hydrogens (tertiary/aromatic N) is 4. The lowest BCUT2D eigenvalue weighted by Gasteiger charge is -2.02. The van der Waals surface area contributed by atoms with Crippen molar-refractivity contribution in [3.63, 3.8) is 0 Å². The van der Waals surface area contributed by atoms with Gasteiger partial charge in [0.15, 0.2) is 0 Å². The normalized spacial score (nSPS) is 11.7. The van der Waals surface area contributed by atoms with Gasteiger partial charge in [-0.05, 0) is 30.7 Å². The first-order valence-electron chi connectivity index (χ1n) is 6.98. The van der Waals surface area contributed by atoms with Gasteiger partial charge in [0.2, 0.25) is 10.0 Å². The highest BCUT2D eigenvalue weighted by Crippen LogP contribution is 2.21. The summed E-state index contributed by atoms with van der Waals surface area (Å²) < 4.78 is 28.9. The van der Waals surface area contributed by atoms with Crippen molar-refractivity contribution in [1.82, 2.24) is 24.7 Å². The lowest BCUT2D eigenvalue weighted by Crippen LogP contribution is -2.22. The summed E-state index contributed by atoms with van der Waals surface area (Å²) in [5.41, 5.74) is 1.35. The minimum atomic E-state index is -3.52. The minimum Gasteiger partial charge on any atom is -0.265 e. The van der Waals surface area contributed by atoms with E-state index in [0.29, 0.717) is 9.90 Å². The number of nitrogens with one attached hydrogen (secondary N) is 1. The monoisotopic (exact) mass is 349 g/mol. The van der Waals surface area contributed by atoms with Gasteiger partial charge in [0.25, 0.3) is 0 Å². The van der Waals surface area contributed by atoms with Crippen LogP contribution in [-0.2, 0) is 23.0 Å². The van der Waals surface area contributed by atoms with E-state index in [1.54, 1.807) is 41.5 Å². The molecule has 3 aromatic heterocycles.